The van der Waals surface area contributed by atoms with Crippen molar-refractivity contribution in [1.82, 2.24) is 0 Å². The fourth-order valence-electron chi connectivity index (χ4n) is 2.04. The summed E-state index contributed by atoms with van der Waals surface area (Å²) in [6.07, 6.45) is 1.52. The maximum atomic E-state index is 11.4. The van der Waals surface area contributed by atoms with Gasteiger partial charge in [-0.3, -0.25) is 14.9 Å². The van der Waals surface area contributed by atoms with Crippen molar-refractivity contribution < 1.29 is 14.8 Å². The molecule has 0 heterocycles. The number of hydrogen-bond donors (Lipinski definition) is 1. The molecule has 0 fully saturated rings. The molecule has 0 aliphatic heterocycles. The van der Waals surface area contributed by atoms with Crippen molar-refractivity contribution in [3.8, 4) is 0 Å². The van der Waals surface area contributed by atoms with Crippen LogP contribution in [0.15, 0.2) is 18.2 Å². The average Bonchev–Trinajstić information content (AvgIpc) is 2.31. The van der Waals surface area contributed by atoms with Gasteiger partial charge < -0.3 is 5.11 Å². The van der Waals surface area contributed by atoms with Crippen LogP contribution in [0.2, 0.25) is 5.02 Å². The van der Waals surface area contributed by atoms with Gasteiger partial charge in [-0.1, -0.05) is 31.0 Å². The van der Waals surface area contributed by atoms with E-state index in [2.05, 4.69) is 0 Å². The second-order valence-corrected chi connectivity index (χ2v) is 5.23. The molecule has 1 aromatic rings. The van der Waals surface area contributed by atoms with Crippen LogP contribution in [0.25, 0.3) is 0 Å². The highest BCUT2D eigenvalue weighted by Crippen LogP contribution is 2.32. The normalized spacial score (nSPS) is 13.8. The van der Waals surface area contributed by atoms with Gasteiger partial charge in [0.05, 0.1) is 15.4 Å². The molecule has 104 valence electrons. The summed E-state index contributed by atoms with van der Waals surface area (Å²) in [6, 6.07) is 4.12. The van der Waals surface area contributed by atoms with E-state index in [1.165, 1.54) is 18.2 Å². The van der Waals surface area contributed by atoms with Gasteiger partial charge in [0, 0.05) is 12.1 Å². The van der Waals surface area contributed by atoms with Gasteiger partial charge >= 0.3 is 5.97 Å². The van der Waals surface area contributed by atoms with Crippen molar-refractivity contribution >= 4 is 23.3 Å². The summed E-state index contributed by atoms with van der Waals surface area (Å²) in [4.78, 5) is 21.4. The first-order valence-corrected chi connectivity index (χ1v) is 6.34. The Morgan fingerprint density at radius 1 is 1.53 bits per heavy atom. The van der Waals surface area contributed by atoms with Crippen molar-refractivity contribution in [2.75, 3.05) is 0 Å². The maximum absolute atomic E-state index is 11.4. The summed E-state index contributed by atoms with van der Waals surface area (Å²) in [6.45, 7) is 3.58. The molecule has 0 bridgehead atoms. The first-order valence-electron chi connectivity index (χ1n) is 5.96. The lowest BCUT2D eigenvalue weighted by Crippen LogP contribution is -2.30. The molecule has 0 radical (unpaired) electrons. The fraction of sp³-hybridized carbons (Fsp3) is 0.462. The molecule has 1 unspecified atom stereocenters. The van der Waals surface area contributed by atoms with Crippen molar-refractivity contribution in [3.63, 3.8) is 0 Å². The first kappa shape index (κ1) is 15.4. The summed E-state index contributed by atoms with van der Waals surface area (Å²) < 4.78 is 0. The molecular formula is C13H16ClNO4. The predicted octanol–water partition coefficient (Wildman–Crippen LogP) is 3.68. The monoisotopic (exact) mass is 285 g/mol. The lowest BCUT2D eigenvalue weighted by atomic mass is 9.80. The van der Waals surface area contributed by atoms with Gasteiger partial charge in [-0.15, -0.1) is 0 Å². The van der Waals surface area contributed by atoms with Gasteiger partial charge in [-0.25, -0.2) is 0 Å². The smallest absolute Gasteiger partial charge is 0.309 e. The van der Waals surface area contributed by atoms with Crippen LogP contribution >= 0.6 is 11.6 Å². The van der Waals surface area contributed by atoms with E-state index in [-0.39, 0.29) is 17.1 Å². The Morgan fingerprint density at radius 2 is 2.16 bits per heavy atom. The number of carbonyl (C=O) groups is 1. The zero-order valence-electron chi connectivity index (χ0n) is 10.9. The standard InChI is InChI=1S/C13H16ClNO4/c1-3-6-13(2,12(16)17)8-9-4-5-10(15(18)19)7-11(9)14/h4-5,7H,3,6,8H2,1-2H3,(H,16,17). The van der Waals surface area contributed by atoms with Crippen LogP contribution in [0.4, 0.5) is 5.69 Å². The number of aliphatic carboxylic acids is 1. The zero-order valence-corrected chi connectivity index (χ0v) is 11.6. The number of nitrogens with zero attached hydrogens (tertiary/aromatic N) is 1. The Bertz CT molecular complexity index is 503. The Morgan fingerprint density at radius 3 is 2.58 bits per heavy atom. The highest BCUT2D eigenvalue weighted by atomic mass is 35.5. The number of nitro groups is 1. The number of carboxylic acids is 1. The van der Waals surface area contributed by atoms with Crippen LogP contribution < -0.4 is 0 Å². The molecule has 1 aromatic carbocycles. The number of benzene rings is 1. The van der Waals surface area contributed by atoms with E-state index in [9.17, 15) is 20.0 Å². The molecule has 0 saturated heterocycles. The molecule has 1 atom stereocenters. The Hall–Kier alpha value is -1.62. The van der Waals surface area contributed by atoms with Crippen LogP contribution in [0.1, 0.15) is 32.3 Å². The van der Waals surface area contributed by atoms with Crippen molar-refractivity contribution in [2.45, 2.75) is 33.1 Å². The molecule has 5 nitrogen and oxygen atoms in total. The molecule has 1 rings (SSSR count). The van der Waals surface area contributed by atoms with Gasteiger partial charge in [-0.05, 0) is 25.3 Å². The fourth-order valence-corrected chi connectivity index (χ4v) is 2.28. The van der Waals surface area contributed by atoms with Gasteiger partial charge in [0.15, 0.2) is 0 Å². The van der Waals surface area contributed by atoms with E-state index in [1.54, 1.807) is 6.92 Å². The van der Waals surface area contributed by atoms with Gasteiger partial charge in [-0.2, -0.15) is 0 Å². The molecule has 0 saturated carbocycles. The Balaban J connectivity index is 3.04. The molecule has 0 aliphatic rings. The SMILES string of the molecule is CCCC(C)(Cc1ccc([N+](=O)[O-])cc1Cl)C(=O)O. The number of nitro benzene ring substituents is 1. The quantitative estimate of drug-likeness (QED) is 0.638. The van der Waals surface area contributed by atoms with E-state index in [1.807, 2.05) is 6.92 Å². The van der Waals surface area contributed by atoms with Crippen LogP contribution in [0, 0.1) is 15.5 Å². The minimum absolute atomic E-state index is 0.0960. The van der Waals surface area contributed by atoms with Crippen LogP contribution in [-0.4, -0.2) is 16.0 Å². The highest BCUT2D eigenvalue weighted by Gasteiger charge is 2.33. The summed E-state index contributed by atoms with van der Waals surface area (Å²) >= 11 is 5.99. The third kappa shape index (κ3) is 3.67. The van der Waals surface area contributed by atoms with Gasteiger partial charge in [0.2, 0.25) is 0 Å². The third-order valence-corrected chi connectivity index (χ3v) is 3.50. The largest absolute Gasteiger partial charge is 0.481 e. The second kappa shape index (κ2) is 6.02. The van der Waals surface area contributed by atoms with Gasteiger partial charge in [0.1, 0.15) is 0 Å². The predicted molar refractivity (Wildman–Crippen MR) is 72.5 cm³/mol. The average molecular weight is 286 g/mol. The molecule has 0 aromatic heterocycles. The van der Waals surface area contributed by atoms with E-state index < -0.39 is 16.3 Å². The summed E-state index contributed by atoms with van der Waals surface area (Å²) in [5, 5.41) is 20.2. The van der Waals surface area contributed by atoms with Crippen molar-refractivity contribution in [1.29, 1.82) is 0 Å². The van der Waals surface area contributed by atoms with Crippen molar-refractivity contribution in [3.05, 3.63) is 38.9 Å². The van der Waals surface area contributed by atoms with Crippen LogP contribution in [0.5, 0.6) is 0 Å². The number of non-ortho nitro benzene ring substituents is 1. The highest BCUT2D eigenvalue weighted by molar-refractivity contribution is 6.31. The molecule has 19 heavy (non-hydrogen) atoms. The Kier molecular flexibility index (Phi) is 4.89. The van der Waals surface area contributed by atoms with Crippen LogP contribution in [0.3, 0.4) is 0 Å². The number of halogens is 1. The lowest BCUT2D eigenvalue weighted by Gasteiger charge is -2.24. The number of hydrogen-bond acceptors (Lipinski definition) is 3. The topological polar surface area (TPSA) is 80.4 Å². The van der Waals surface area contributed by atoms with Crippen LogP contribution in [-0.2, 0) is 11.2 Å². The summed E-state index contributed by atoms with van der Waals surface area (Å²) in [5.41, 5.74) is -0.388. The molecule has 0 amide bonds. The number of rotatable bonds is 6. The summed E-state index contributed by atoms with van der Waals surface area (Å²) in [7, 11) is 0. The molecule has 0 spiro atoms. The first-order chi connectivity index (χ1) is 8.80. The van der Waals surface area contributed by atoms with E-state index in [0.29, 0.717) is 12.0 Å². The minimum Gasteiger partial charge on any atom is -0.481 e. The molecule has 0 aliphatic carbocycles. The molecule has 1 N–H and O–H groups in total. The maximum Gasteiger partial charge on any atom is 0.309 e. The molecular weight excluding hydrogens is 270 g/mol. The van der Waals surface area contributed by atoms with E-state index >= 15 is 0 Å². The number of carboxylic acid groups (broad SMARTS) is 1. The van der Waals surface area contributed by atoms with E-state index in [4.69, 9.17) is 11.6 Å². The van der Waals surface area contributed by atoms with Gasteiger partial charge in [0.25, 0.3) is 5.69 Å². The molecule has 6 heteroatoms. The third-order valence-electron chi connectivity index (χ3n) is 3.15. The van der Waals surface area contributed by atoms with Crippen molar-refractivity contribution in [2.24, 2.45) is 5.41 Å². The summed E-state index contributed by atoms with van der Waals surface area (Å²) in [5.74, 6) is -0.885. The van der Waals surface area contributed by atoms with E-state index in [0.717, 1.165) is 6.42 Å². The Labute approximate surface area is 116 Å². The lowest BCUT2D eigenvalue weighted by molar-refractivity contribution is -0.384. The second-order valence-electron chi connectivity index (χ2n) is 4.83. The minimum atomic E-state index is -0.908. The zero-order chi connectivity index (χ0) is 14.6.